The first-order chi connectivity index (χ1) is 9.47. The predicted octanol–water partition coefficient (Wildman–Crippen LogP) is 4.51. The van der Waals surface area contributed by atoms with Gasteiger partial charge in [0.1, 0.15) is 5.82 Å². The Hall–Kier alpha value is -1.10. The Kier molecular flexibility index (Phi) is 5.02. The van der Waals surface area contributed by atoms with Gasteiger partial charge in [0.2, 0.25) is 0 Å². The third-order valence-electron chi connectivity index (χ3n) is 3.87. The molecule has 5 heteroatoms. The fourth-order valence-electron chi connectivity index (χ4n) is 2.74. The van der Waals surface area contributed by atoms with Crippen molar-refractivity contribution in [3.8, 4) is 0 Å². The summed E-state index contributed by atoms with van der Waals surface area (Å²) in [5.41, 5.74) is -0.724. The average Bonchev–Trinajstić information content (AvgIpc) is 2.88. The Morgan fingerprint density at radius 2 is 1.85 bits per heavy atom. The predicted molar refractivity (Wildman–Crippen MR) is 69.7 cm³/mol. The van der Waals surface area contributed by atoms with E-state index in [4.69, 9.17) is 0 Å². The second-order valence-electron chi connectivity index (χ2n) is 5.43. The summed E-state index contributed by atoms with van der Waals surface area (Å²) in [5, 5.41) is 3.14. The van der Waals surface area contributed by atoms with Crippen LogP contribution in [0, 0.1) is 11.7 Å². The Bertz CT molecular complexity index is 436. The first-order valence-electron chi connectivity index (χ1n) is 7.03. The molecule has 0 aromatic heterocycles. The number of rotatable bonds is 5. The number of alkyl halides is 3. The van der Waals surface area contributed by atoms with Crippen molar-refractivity contribution in [3.05, 3.63) is 35.1 Å². The van der Waals surface area contributed by atoms with E-state index in [0.29, 0.717) is 12.1 Å². The molecule has 0 saturated heterocycles. The summed E-state index contributed by atoms with van der Waals surface area (Å²) < 4.78 is 50.8. The number of nitrogens with one attached hydrogen (secondary N) is 1. The average molecular weight is 289 g/mol. The molecule has 20 heavy (non-hydrogen) atoms. The van der Waals surface area contributed by atoms with Gasteiger partial charge in [-0.15, -0.1) is 0 Å². The van der Waals surface area contributed by atoms with E-state index in [-0.39, 0.29) is 0 Å². The van der Waals surface area contributed by atoms with Crippen LogP contribution in [0.15, 0.2) is 18.2 Å². The van der Waals surface area contributed by atoms with Crippen molar-refractivity contribution in [3.63, 3.8) is 0 Å². The summed E-state index contributed by atoms with van der Waals surface area (Å²) in [4.78, 5) is 0. The second kappa shape index (κ2) is 6.57. The molecule has 1 nitrogen and oxygen atoms in total. The fraction of sp³-hybridized carbons (Fsp3) is 0.600. The molecule has 1 N–H and O–H groups in total. The van der Waals surface area contributed by atoms with Crippen LogP contribution in [-0.4, -0.2) is 6.54 Å². The van der Waals surface area contributed by atoms with E-state index in [9.17, 15) is 17.6 Å². The summed E-state index contributed by atoms with van der Waals surface area (Å²) in [7, 11) is 0. The summed E-state index contributed by atoms with van der Waals surface area (Å²) in [6.45, 7) is 1.14. The minimum atomic E-state index is -4.63. The van der Waals surface area contributed by atoms with Crippen LogP contribution in [0.3, 0.4) is 0 Å². The van der Waals surface area contributed by atoms with Crippen LogP contribution < -0.4 is 5.32 Å². The summed E-state index contributed by atoms with van der Waals surface area (Å²) >= 11 is 0. The zero-order valence-corrected chi connectivity index (χ0v) is 11.3. The van der Waals surface area contributed by atoms with E-state index in [1.165, 1.54) is 31.7 Å². The first-order valence-corrected chi connectivity index (χ1v) is 7.03. The van der Waals surface area contributed by atoms with Crippen molar-refractivity contribution >= 4 is 0 Å². The van der Waals surface area contributed by atoms with Crippen LogP contribution in [0.5, 0.6) is 0 Å². The van der Waals surface area contributed by atoms with E-state index in [0.717, 1.165) is 31.0 Å². The molecule has 1 saturated carbocycles. The monoisotopic (exact) mass is 289 g/mol. The van der Waals surface area contributed by atoms with Gasteiger partial charge in [0.05, 0.1) is 5.56 Å². The molecule has 0 unspecified atom stereocenters. The molecule has 0 spiro atoms. The van der Waals surface area contributed by atoms with Gasteiger partial charge in [-0.1, -0.05) is 31.7 Å². The summed E-state index contributed by atoms with van der Waals surface area (Å²) in [6.07, 6.45) is 1.53. The van der Waals surface area contributed by atoms with Crippen LogP contribution >= 0.6 is 0 Å². The Labute approximate surface area is 116 Å². The van der Waals surface area contributed by atoms with E-state index in [2.05, 4.69) is 5.32 Å². The Balaban J connectivity index is 1.83. The molecule has 0 amide bonds. The second-order valence-corrected chi connectivity index (χ2v) is 5.43. The van der Waals surface area contributed by atoms with Crippen LogP contribution in [-0.2, 0) is 12.7 Å². The molecule has 1 aliphatic carbocycles. The van der Waals surface area contributed by atoms with Crippen molar-refractivity contribution in [2.24, 2.45) is 5.92 Å². The van der Waals surface area contributed by atoms with Gasteiger partial charge >= 0.3 is 6.18 Å². The molecular formula is C15H19F4N. The maximum Gasteiger partial charge on any atom is 0.419 e. The molecule has 1 aliphatic rings. The zero-order valence-electron chi connectivity index (χ0n) is 11.3. The van der Waals surface area contributed by atoms with Gasteiger partial charge in [0, 0.05) is 6.54 Å². The highest BCUT2D eigenvalue weighted by Crippen LogP contribution is 2.32. The lowest BCUT2D eigenvalue weighted by Gasteiger charge is -2.12. The molecular weight excluding hydrogens is 270 g/mol. The molecule has 1 aromatic carbocycles. The Morgan fingerprint density at radius 3 is 2.50 bits per heavy atom. The lowest BCUT2D eigenvalue weighted by Crippen LogP contribution is -2.18. The minimum Gasteiger partial charge on any atom is -0.313 e. The molecule has 1 aromatic rings. The number of benzene rings is 1. The lowest BCUT2D eigenvalue weighted by molar-refractivity contribution is -0.140. The quantitative estimate of drug-likeness (QED) is 0.621. The van der Waals surface area contributed by atoms with Crippen molar-refractivity contribution in [2.75, 3.05) is 6.54 Å². The fourth-order valence-corrected chi connectivity index (χ4v) is 2.74. The van der Waals surface area contributed by atoms with E-state index in [1.54, 1.807) is 0 Å². The van der Waals surface area contributed by atoms with Gasteiger partial charge in [0.25, 0.3) is 0 Å². The molecule has 0 aliphatic heterocycles. The van der Waals surface area contributed by atoms with Gasteiger partial charge in [-0.2, -0.15) is 13.2 Å². The standard InChI is InChI=1S/C15H19F4N/c16-14-6-5-12(9-13(14)15(17,18)19)10-20-8-7-11-3-1-2-4-11/h5-6,9,11,20H,1-4,7-8,10H2. The molecule has 0 atom stereocenters. The van der Waals surface area contributed by atoms with E-state index >= 15 is 0 Å². The van der Waals surface area contributed by atoms with Gasteiger partial charge in [0.15, 0.2) is 0 Å². The van der Waals surface area contributed by atoms with Crippen molar-refractivity contribution in [1.29, 1.82) is 0 Å². The lowest BCUT2D eigenvalue weighted by atomic mass is 10.0. The SMILES string of the molecule is Fc1ccc(CNCCC2CCCC2)cc1C(F)(F)F. The highest BCUT2D eigenvalue weighted by atomic mass is 19.4. The van der Waals surface area contributed by atoms with Gasteiger partial charge in [-0.3, -0.25) is 0 Å². The maximum atomic E-state index is 13.1. The van der Waals surface area contributed by atoms with Gasteiger partial charge in [-0.05, 0) is 36.6 Å². The number of hydrogen-bond acceptors (Lipinski definition) is 1. The molecule has 0 radical (unpaired) electrons. The van der Waals surface area contributed by atoms with E-state index < -0.39 is 17.6 Å². The van der Waals surface area contributed by atoms with Crippen LogP contribution in [0.25, 0.3) is 0 Å². The molecule has 1 fully saturated rings. The van der Waals surface area contributed by atoms with Crippen LogP contribution in [0.1, 0.15) is 43.2 Å². The Morgan fingerprint density at radius 1 is 1.15 bits per heavy atom. The molecule has 2 rings (SSSR count). The molecule has 0 heterocycles. The number of hydrogen-bond donors (Lipinski definition) is 1. The topological polar surface area (TPSA) is 12.0 Å². The van der Waals surface area contributed by atoms with Crippen molar-refractivity contribution in [2.45, 2.75) is 44.8 Å². The molecule has 112 valence electrons. The third-order valence-corrected chi connectivity index (χ3v) is 3.87. The van der Waals surface area contributed by atoms with Gasteiger partial charge < -0.3 is 5.32 Å². The van der Waals surface area contributed by atoms with Crippen molar-refractivity contribution in [1.82, 2.24) is 5.32 Å². The summed E-state index contributed by atoms with van der Waals surface area (Å²) in [5.74, 6) is -0.464. The van der Waals surface area contributed by atoms with Crippen LogP contribution in [0.4, 0.5) is 17.6 Å². The summed E-state index contributed by atoms with van der Waals surface area (Å²) in [6, 6.07) is 3.17. The van der Waals surface area contributed by atoms with E-state index in [1.807, 2.05) is 0 Å². The highest BCUT2D eigenvalue weighted by molar-refractivity contribution is 5.27. The first kappa shape index (κ1) is 15.3. The third kappa shape index (κ3) is 4.20. The number of halogens is 4. The highest BCUT2D eigenvalue weighted by Gasteiger charge is 2.34. The minimum absolute atomic E-state index is 0.343. The zero-order chi connectivity index (χ0) is 14.6. The maximum absolute atomic E-state index is 13.1. The smallest absolute Gasteiger partial charge is 0.313 e. The molecule has 0 bridgehead atoms. The largest absolute Gasteiger partial charge is 0.419 e. The van der Waals surface area contributed by atoms with Crippen LogP contribution in [0.2, 0.25) is 0 Å². The van der Waals surface area contributed by atoms with Gasteiger partial charge in [-0.25, -0.2) is 4.39 Å². The van der Waals surface area contributed by atoms with Crippen molar-refractivity contribution < 1.29 is 17.6 Å². The normalized spacial score (nSPS) is 16.8.